The first-order valence-corrected chi connectivity index (χ1v) is 4.11. The van der Waals surface area contributed by atoms with Gasteiger partial charge in [0.1, 0.15) is 0 Å². The molecular formula is C8H9BrNO. The van der Waals surface area contributed by atoms with Crippen molar-refractivity contribution in [2.45, 2.75) is 20.8 Å². The van der Waals surface area contributed by atoms with Crippen molar-refractivity contribution < 1.29 is 4.73 Å². The number of halogens is 1. The minimum Gasteiger partial charge on any atom is -0.618 e. The molecule has 1 radical (unpaired) electrons. The van der Waals surface area contributed by atoms with E-state index in [1.165, 1.54) is 0 Å². The van der Waals surface area contributed by atoms with Gasteiger partial charge in [0.05, 0.1) is 6.07 Å². The van der Waals surface area contributed by atoms with E-state index in [9.17, 15) is 5.21 Å². The molecule has 0 aromatic carbocycles. The highest BCUT2D eigenvalue weighted by Crippen LogP contribution is 2.12. The van der Waals surface area contributed by atoms with Gasteiger partial charge < -0.3 is 5.21 Å². The molecule has 0 saturated carbocycles. The van der Waals surface area contributed by atoms with E-state index >= 15 is 0 Å². The van der Waals surface area contributed by atoms with E-state index in [1.54, 1.807) is 6.92 Å². The molecule has 0 saturated heterocycles. The average Bonchev–Trinajstić information content (AvgIpc) is 1.97. The quantitative estimate of drug-likeness (QED) is 0.368. The molecule has 1 rings (SSSR count). The van der Waals surface area contributed by atoms with Crippen molar-refractivity contribution in [2.75, 3.05) is 0 Å². The van der Waals surface area contributed by atoms with Gasteiger partial charge in [0, 0.05) is 28.4 Å². The van der Waals surface area contributed by atoms with Crippen LogP contribution < -0.4 is 4.73 Å². The Morgan fingerprint density at radius 1 is 1.36 bits per heavy atom. The summed E-state index contributed by atoms with van der Waals surface area (Å²) in [5, 5.41) is 11.2. The van der Waals surface area contributed by atoms with Crippen LogP contribution >= 0.6 is 15.9 Å². The van der Waals surface area contributed by atoms with Crippen molar-refractivity contribution >= 4 is 15.9 Å². The molecule has 0 spiro atoms. The van der Waals surface area contributed by atoms with Crippen LogP contribution in [0.25, 0.3) is 0 Å². The molecule has 0 aliphatic rings. The van der Waals surface area contributed by atoms with Gasteiger partial charge >= 0.3 is 0 Å². The van der Waals surface area contributed by atoms with Gasteiger partial charge in [-0.15, -0.1) is 0 Å². The van der Waals surface area contributed by atoms with E-state index in [0.29, 0.717) is 4.60 Å². The lowest BCUT2D eigenvalue weighted by Crippen LogP contribution is -2.33. The van der Waals surface area contributed by atoms with Gasteiger partial charge in [0.25, 0.3) is 4.60 Å². The van der Waals surface area contributed by atoms with E-state index in [1.807, 2.05) is 13.8 Å². The molecule has 0 atom stereocenters. The van der Waals surface area contributed by atoms with Crippen molar-refractivity contribution in [1.29, 1.82) is 0 Å². The predicted molar refractivity (Wildman–Crippen MR) is 46.1 cm³/mol. The van der Waals surface area contributed by atoms with Gasteiger partial charge in [-0.05, 0) is 19.4 Å². The first-order valence-electron chi connectivity index (χ1n) is 3.32. The third kappa shape index (κ3) is 1.38. The molecule has 2 nitrogen and oxygen atoms in total. The van der Waals surface area contributed by atoms with Crippen LogP contribution in [0.3, 0.4) is 0 Å². The molecule has 0 aliphatic carbocycles. The number of aromatic nitrogens is 1. The second-order valence-corrected chi connectivity index (χ2v) is 3.30. The van der Waals surface area contributed by atoms with E-state index in [2.05, 4.69) is 22.0 Å². The Balaban J connectivity index is 3.46. The minimum absolute atomic E-state index is 0.457. The molecule has 0 aliphatic heterocycles. The first-order chi connectivity index (χ1) is 5.04. The van der Waals surface area contributed by atoms with Crippen molar-refractivity contribution in [3.63, 3.8) is 0 Å². The van der Waals surface area contributed by atoms with E-state index in [-0.39, 0.29) is 0 Å². The molecule has 1 heterocycles. The van der Waals surface area contributed by atoms with Crippen LogP contribution in [-0.2, 0) is 0 Å². The maximum atomic E-state index is 11.2. The fraction of sp³-hybridized carbons (Fsp3) is 0.375. The van der Waals surface area contributed by atoms with E-state index < -0.39 is 0 Å². The lowest BCUT2D eigenvalue weighted by Gasteiger charge is -2.06. The second-order valence-electron chi connectivity index (χ2n) is 2.55. The van der Waals surface area contributed by atoms with Crippen LogP contribution in [0.2, 0.25) is 0 Å². The van der Waals surface area contributed by atoms with Crippen LogP contribution in [-0.4, -0.2) is 0 Å². The zero-order chi connectivity index (χ0) is 8.59. The maximum Gasteiger partial charge on any atom is 0.267 e. The summed E-state index contributed by atoms with van der Waals surface area (Å²) in [6, 6.07) is 2.91. The Kier molecular flexibility index (Phi) is 2.18. The Hall–Kier alpha value is -0.570. The summed E-state index contributed by atoms with van der Waals surface area (Å²) >= 11 is 3.13. The maximum absolute atomic E-state index is 11.2. The zero-order valence-corrected chi connectivity index (χ0v) is 8.32. The van der Waals surface area contributed by atoms with Gasteiger partial charge in [0.15, 0.2) is 5.69 Å². The van der Waals surface area contributed by atoms with Crippen molar-refractivity contribution in [3.05, 3.63) is 32.7 Å². The summed E-state index contributed by atoms with van der Waals surface area (Å²) in [6.07, 6.45) is 0. The predicted octanol–water partition coefficient (Wildman–Crippen LogP) is 1.81. The number of pyridine rings is 1. The summed E-state index contributed by atoms with van der Waals surface area (Å²) in [5.41, 5.74) is 2.75. The smallest absolute Gasteiger partial charge is 0.267 e. The SMILES string of the molecule is Cc1[c]c(Br)[n+]([O-])c(C)c1C. The van der Waals surface area contributed by atoms with Crippen LogP contribution in [0.1, 0.15) is 16.8 Å². The van der Waals surface area contributed by atoms with Crippen LogP contribution in [0.5, 0.6) is 0 Å². The number of nitrogens with zero attached hydrogens (tertiary/aromatic N) is 1. The fourth-order valence-corrected chi connectivity index (χ4v) is 1.43. The lowest BCUT2D eigenvalue weighted by molar-refractivity contribution is -0.624. The summed E-state index contributed by atoms with van der Waals surface area (Å²) in [5.74, 6) is 0. The summed E-state index contributed by atoms with van der Waals surface area (Å²) < 4.78 is 1.29. The average molecular weight is 215 g/mol. The Labute approximate surface area is 74.6 Å². The van der Waals surface area contributed by atoms with Gasteiger partial charge in [0.2, 0.25) is 0 Å². The number of hydrogen-bond acceptors (Lipinski definition) is 1. The molecule has 11 heavy (non-hydrogen) atoms. The molecular weight excluding hydrogens is 206 g/mol. The lowest BCUT2D eigenvalue weighted by atomic mass is 10.1. The van der Waals surface area contributed by atoms with Gasteiger partial charge in [-0.2, -0.15) is 4.73 Å². The zero-order valence-electron chi connectivity index (χ0n) is 6.73. The third-order valence-electron chi connectivity index (χ3n) is 1.88. The Bertz CT molecular complexity index is 270. The molecule has 1 aromatic heterocycles. The van der Waals surface area contributed by atoms with Crippen LogP contribution in [0.4, 0.5) is 0 Å². The monoisotopic (exact) mass is 214 g/mol. The normalized spacial score (nSPS) is 10.2. The molecule has 0 N–H and O–H groups in total. The number of hydrogen-bond donors (Lipinski definition) is 0. The molecule has 0 bridgehead atoms. The molecule has 0 unspecified atom stereocenters. The summed E-state index contributed by atoms with van der Waals surface area (Å²) in [4.78, 5) is 0. The highest BCUT2D eigenvalue weighted by Gasteiger charge is 2.10. The van der Waals surface area contributed by atoms with Gasteiger partial charge in [-0.25, -0.2) is 0 Å². The molecule has 0 amide bonds. The summed E-state index contributed by atoms with van der Waals surface area (Å²) in [6.45, 7) is 5.66. The van der Waals surface area contributed by atoms with Crippen LogP contribution in [0.15, 0.2) is 4.60 Å². The third-order valence-corrected chi connectivity index (χ3v) is 2.40. The topological polar surface area (TPSA) is 26.9 Å². The number of aryl methyl sites for hydroxylation is 1. The van der Waals surface area contributed by atoms with Crippen LogP contribution in [0, 0.1) is 32.0 Å². The summed E-state index contributed by atoms with van der Waals surface area (Å²) in [7, 11) is 0. The number of rotatable bonds is 0. The highest BCUT2D eigenvalue weighted by atomic mass is 79.9. The Morgan fingerprint density at radius 2 is 1.91 bits per heavy atom. The minimum atomic E-state index is 0.457. The first kappa shape index (κ1) is 8.53. The van der Waals surface area contributed by atoms with Gasteiger partial charge in [-0.1, -0.05) is 0 Å². The molecule has 1 aromatic rings. The van der Waals surface area contributed by atoms with Crippen molar-refractivity contribution in [2.24, 2.45) is 0 Å². The molecule has 59 valence electrons. The Morgan fingerprint density at radius 3 is 2.45 bits per heavy atom. The molecule has 0 fully saturated rings. The largest absolute Gasteiger partial charge is 0.618 e. The van der Waals surface area contributed by atoms with Gasteiger partial charge in [-0.3, -0.25) is 0 Å². The van der Waals surface area contributed by atoms with E-state index in [4.69, 9.17) is 0 Å². The second kappa shape index (κ2) is 2.81. The van der Waals surface area contributed by atoms with Crippen molar-refractivity contribution in [1.82, 2.24) is 0 Å². The molecule has 3 heteroatoms. The van der Waals surface area contributed by atoms with E-state index in [0.717, 1.165) is 21.6 Å². The standard InChI is InChI=1S/C8H9BrNO/c1-5-4-8(9)10(11)7(3)6(5)2/h1-3H3. The van der Waals surface area contributed by atoms with Crippen molar-refractivity contribution in [3.8, 4) is 0 Å². The fourth-order valence-electron chi connectivity index (χ4n) is 0.870. The highest BCUT2D eigenvalue weighted by molar-refractivity contribution is 9.10.